The third kappa shape index (κ3) is 5.85. The van der Waals surface area contributed by atoms with E-state index in [2.05, 4.69) is 5.32 Å². The fourth-order valence-electron chi connectivity index (χ4n) is 3.11. The van der Waals surface area contributed by atoms with Crippen LogP contribution in [0.15, 0.2) is 72.8 Å². The number of carbonyl (C=O) groups is 2. The molecule has 0 aliphatic rings. The van der Waals surface area contributed by atoms with Gasteiger partial charge in [0.05, 0.1) is 11.3 Å². The molecular weight excluding hydrogens is 409 g/mol. The number of halogens is 1. The van der Waals surface area contributed by atoms with Crippen LogP contribution in [0.3, 0.4) is 0 Å². The van der Waals surface area contributed by atoms with Gasteiger partial charge in [0.2, 0.25) is 0 Å². The number of ether oxygens (including phenoxy) is 1. The maximum atomic E-state index is 13.7. The van der Waals surface area contributed by atoms with Crippen molar-refractivity contribution in [3.8, 4) is 5.75 Å². The molecule has 0 aromatic heterocycles. The molecule has 0 atom stereocenters. The zero-order chi connectivity index (χ0) is 23.1. The Bertz CT molecular complexity index is 1080. The number of anilines is 2. The Morgan fingerprint density at radius 3 is 2.25 bits per heavy atom. The molecule has 0 aliphatic heterocycles. The summed E-state index contributed by atoms with van der Waals surface area (Å²) in [5.41, 5.74) is 2.49. The number of para-hydroxylation sites is 2. The van der Waals surface area contributed by atoms with Crippen molar-refractivity contribution in [1.82, 2.24) is 4.90 Å². The Kier molecular flexibility index (Phi) is 7.44. The fourth-order valence-corrected chi connectivity index (χ4v) is 3.11. The summed E-state index contributed by atoms with van der Waals surface area (Å²) < 4.78 is 19.3. The van der Waals surface area contributed by atoms with Gasteiger partial charge in [-0.15, -0.1) is 0 Å². The molecule has 0 radical (unpaired) electrons. The van der Waals surface area contributed by atoms with Crippen molar-refractivity contribution in [3.05, 3.63) is 89.7 Å². The summed E-state index contributed by atoms with van der Waals surface area (Å²) in [5, 5.41) is 2.46. The van der Waals surface area contributed by atoms with Crippen LogP contribution in [0.25, 0.3) is 0 Å². The number of hydrogen-bond acceptors (Lipinski definition) is 4. The average Bonchev–Trinajstić information content (AvgIpc) is 2.79. The van der Waals surface area contributed by atoms with E-state index in [1.165, 1.54) is 18.2 Å². The smallest absolute Gasteiger partial charge is 0.262 e. The summed E-state index contributed by atoms with van der Waals surface area (Å²) >= 11 is 0. The molecular formula is C25H26FN3O3. The number of benzene rings is 3. The Labute approximate surface area is 187 Å². The molecule has 0 aliphatic carbocycles. The van der Waals surface area contributed by atoms with Gasteiger partial charge < -0.3 is 19.9 Å². The molecule has 0 unspecified atom stereocenters. The van der Waals surface area contributed by atoms with E-state index >= 15 is 0 Å². The monoisotopic (exact) mass is 435 g/mol. The van der Waals surface area contributed by atoms with Gasteiger partial charge in [-0.2, -0.15) is 0 Å². The van der Waals surface area contributed by atoms with Gasteiger partial charge >= 0.3 is 0 Å². The predicted molar refractivity (Wildman–Crippen MR) is 124 cm³/mol. The summed E-state index contributed by atoms with van der Waals surface area (Å²) in [5.74, 6) is -0.994. The first kappa shape index (κ1) is 22.8. The van der Waals surface area contributed by atoms with Gasteiger partial charge in [0, 0.05) is 33.4 Å². The maximum absolute atomic E-state index is 13.7. The number of rotatable bonds is 8. The van der Waals surface area contributed by atoms with Crippen LogP contribution in [0.1, 0.15) is 15.9 Å². The second-order valence-corrected chi connectivity index (χ2v) is 7.53. The molecule has 0 fully saturated rings. The highest BCUT2D eigenvalue weighted by Crippen LogP contribution is 2.21. The molecule has 6 nitrogen and oxygen atoms in total. The van der Waals surface area contributed by atoms with Crippen molar-refractivity contribution < 1.29 is 18.7 Å². The van der Waals surface area contributed by atoms with E-state index in [4.69, 9.17) is 4.74 Å². The molecule has 3 aromatic carbocycles. The topological polar surface area (TPSA) is 61.9 Å². The average molecular weight is 435 g/mol. The summed E-state index contributed by atoms with van der Waals surface area (Å²) in [4.78, 5) is 28.8. The highest BCUT2D eigenvalue weighted by Gasteiger charge is 2.18. The quantitative estimate of drug-likeness (QED) is 0.577. The Balaban J connectivity index is 1.63. The van der Waals surface area contributed by atoms with Gasteiger partial charge in [-0.25, -0.2) is 4.39 Å². The number of nitrogens with zero attached hydrogens (tertiary/aromatic N) is 2. The van der Waals surface area contributed by atoms with Crippen molar-refractivity contribution in [1.29, 1.82) is 0 Å². The van der Waals surface area contributed by atoms with E-state index in [0.29, 0.717) is 12.1 Å². The first-order chi connectivity index (χ1) is 15.3. The molecule has 3 rings (SSSR count). The van der Waals surface area contributed by atoms with E-state index in [1.54, 1.807) is 42.3 Å². The lowest BCUT2D eigenvalue weighted by Crippen LogP contribution is -2.27. The van der Waals surface area contributed by atoms with Crippen molar-refractivity contribution in [3.63, 3.8) is 0 Å². The van der Waals surface area contributed by atoms with Crippen LogP contribution >= 0.6 is 0 Å². The van der Waals surface area contributed by atoms with Crippen molar-refractivity contribution >= 4 is 23.2 Å². The SMILES string of the molecule is CN(Cc1ccc(N(C)C)cc1)C(=O)c1ccccc1OCC(=O)Nc1ccccc1F. The number of hydrogen-bond donors (Lipinski definition) is 1. The minimum Gasteiger partial charge on any atom is -0.483 e. The minimum atomic E-state index is -0.531. The summed E-state index contributed by atoms with van der Waals surface area (Å²) in [6.07, 6.45) is 0. The molecule has 1 N–H and O–H groups in total. The van der Waals surface area contributed by atoms with Gasteiger partial charge in [0.25, 0.3) is 11.8 Å². The number of amides is 2. The molecule has 7 heteroatoms. The van der Waals surface area contributed by atoms with Gasteiger partial charge in [-0.1, -0.05) is 36.4 Å². The fraction of sp³-hybridized carbons (Fsp3) is 0.200. The third-order valence-electron chi connectivity index (χ3n) is 4.84. The second-order valence-electron chi connectivity index (χ2n) is 7.53. The molecule has 0 saturated carbocycles. The van der Waals surface area contributed by atoms with Crippen LogP contribution < -0.4 is 15.0 Å². The van der Waals surface area contributed by atoms with Crippen LogP contribution in [0.4, 0.5) is 15.8 Å². The lowest BCUT2D eigenvalue weighted by atomic mass is 10.1. The first-order valence-corrected chi connectivity index (χ1v) is 10.1. The lowest BCUT2D eigenvalue weighted by Gasteiger charge is -2.20. The van der Waals surface area contributed by atoms with Crippen molar-refractivity contribution in [2.75, 3.05) is 38.0 Å². The molecule has 0 saturated heterocycles. The van der Waals surface area contributed by atoms with Gasteiger partial charge in [0.1, 0.15) is 11.6 Å². The van der Waals surface area contributed by atoms with Crippen molar-refractivity contribution in [2.45, 2.75) is 6.54 Å². The standard InChI is InChI=1S/C25H26FN3O3/c1-28(2)19-14-12-18(13-15-19)16-29(3)25(31)20-8-4-7-11-23(20)32-17-24(30)27-22-10-6-5-9-21(22)26/h4-15H,16-17H2,1-3H3,(H,27,30). The van der Waals surface area contributed by atoms with Gasteiger partial charge in [0.15, 0.2) is 6.61 Å². The number of nitrogens with one attached hydrogen (secondary N) is 1. The number of carbonyl (C=O) groups excluding carboxylic acids is 2. The van der Waals surface area contributed by atoms with Crippen LogP contribution in [0.5, 0.6) is 5.75 Å². The highest BCUT2D eigenvalue weighted by molar-refractivity contribution is 5.97. The van der Waals surface area contributed by atoms with Crippen LogP contribution in [0.2, 0.25) is 0 Å². The molecule has 3 aromatic rings. The summed E-state index contributed by atoms with van der Waals surface area (Å²) in [6.45, 7) is 0.0724. The predicted octanol–water partition coefficient (Wildman–Crippen LogP) is 4.18. The van der Waals surface area contributed by atoms with E-state index in [9.17, 15) is 14.0 Å². The Morgan fingerprint density at radius 1 is 0.906 bits per heavy atom. The second kappa shape index (κ2) is 10.4. The first-order valence-electron chi connectivity index (χ1n) is 10.1. The van der Waals surface area contributed by atoms with E-state index in [-0.39, 0.29) is 24.0 Å². The Hall–Kier alpha value is -3.87. The van der Waals surface area contributed by atoms with E-state index in [1.807, 2.05) is 43.3 Å². The maximum Gasteiger partial charge on any atom is 0.262 e. The van der Waals surface area contributed by atoms with Gasteiger partial charge in [-0.05, 0) is 42.0 Å². The van der Waals surface area contributed by atoms with Gasteiger partial charge in [-0.3, -0.25) is 9.59 Å². The largest absolute Gasteiger partial charge is 0.483 e. The molecule has 166 valence electrons. The normalized spacial score (nSPS) is 10.4. The zero-order valence-corrected chi connectivity index (χ0v) is 18.3. The third-order valence-corrected chi connectivity index (χ3v) is 4.84. The van der Waals surface area contributed by atoms with E-state index in [0.717, 1.165) is 11.3 Å². The molecule has 32 heavy (non-hydrogen) atoms. The van der Waals surface area contributed by atoms with Crippen LogP contribution in [0, 0.1) is 5.82 Å². The zero-order valence-electron chi connectivity index (χ0n) is 18.3. The van der Waals surface area contributed by atoms with Crippen LogP contribution in [-0.2, 0) is 11.3 Å². The molecule has 0 bridgehead atoms. The molecule has 0 heterocycles. The lowest BCUT2D eigenvalue weighted by molar-refractivity contribution is -0.118. The minimum absolute atomic E-state index is 0.0745. The molecule has 2 amide bonds. The highest BCUT2D eigenvalue weighted by atomic mass is 19.1. The van der Waals surface area contributed by atoms with Crippen molar-refractivity contribution in [2.24, 2.45) is 0 Å². The summed E-state index contributed by atoms with van der Waals surface area (Å²) in [7, 11) is 5.65. The van der Waals surface area contributed by atoms with E-state index < -0.39 is 11.7 Å². The van der Waals surface area contributed by atoms with Crippen LogP contribution in [-0.4, -0.2) is 44.5 Å². The Morgan fingerprint density at radius 2 is 1.56 bits per heavy atom. The summed E-state index contributed by atoms with van der Waals surface area (Å²) in [6, 6.07) is 20.6. The molecule has 0 spiro atoms.